The first-order valence-corrected chi connectivity index (χ1v) is 7.42. The Labute approximate surface area is 107 Å². The Balaban J connectivity index is 2.73. The van der Waals surface area contributed by atoms with Crippen molar-refractivity contribution in [2.75, 3.05) is 25.6 Å². The molecule has 0 saturated carbocycles. The van der Waals surface area contributed by atoms with Gasteiger partial charge in [-0.25, -0.2) is 12.8 Å². The van der Waals surface area contributed by atoms with Gasteiger partial charge in [0, 0.05) is 19.3 Å². The number of halogens is 1. The molecule has 1 rings (SSSR count). The standard InChI is InChI=1S/C12H15FN2O2S/c1-15(5-6-18(2,16)17)9-11-7-12(13)4-3-10(11)8-14/h3-4,7H,5-6,9H2,1-2H3. The van der Waals surface area contributed by atoms with Crippen molar-refractivity contribution in [3.63, 3.8) is 0 Å². The molecule has 0 atom stereocenters. The molecule has 0 aromatic heterocycles. The van der Waals surface area contributed by atoms with Gasteiger partial charge in [0.05, 0.1) is 17.4 Å². The molecule has 0 amide bonds. The van der Waals surface area contributed by atoms with E-state index in [0.717, 1.165) is 0 Å². The first-order chi connectivity index (χ1) is 8.31. The van der Waals surface area contributed by atoms with Gasteiger partial charge < -0.3 is 4.90 Å². The van der Waals surface area contributed by atoms with E-state index < -0.39 is 15.7 Å². The minimum absolute atomic E-state index is 0.0424. The Morgan fingerprint density at radius 3 is 2.67 bits per heavy atom. The average molecular weight is 270 g/mol. The highest BCUT2D eigenvalue weighted by molar-refractivity contribution is 7.90. The molecule has 1 aromatic rings. The van der Waals surface area contributed by atoms with Gasteiger partial charge in [-0.2, -0.15) is 5.26 Å². The number of benzene rings is 1. The van der Waals surface area contributed by atoms with Gasteiger partial charge in [0.25, 0.3) is 0 Å². The topological polar surface area (TPSA) is 61.2 Å². The average Bonchev–Trinajstić information content (AvgIpc) is 2.26. The lowest BCUT2D eigenvalue weighted by molar-refractivity contribution is 0.345. The summed E-state index contributed by atoms with van der Waals surface area (Å²) in [5, 5.41) is 8.89. The number of sulfone groups is 1. The van der Waals surface area contributed by atoms with Crippen molar-refractivity contribution in [2.24, 2.45) is 0 Å². The number of rotatable bonds is 5. The zero-order valence-electron chi connectivity index (χ0n) is 10.4. The van der Waals surface area contributed by atoms with Gasteiger partial charge in [-0.3, -0.25) is 0 Å². The summed E-state index contributed by atoms with van der Waals surface area (Å²) in [5.41, 5.74) is 0.969. The summed E-state index contributed by atoms with van der Waals surface area (Å²) >= 11 is 0. The molecule has 4 nitrogen and oxygen atoms in total. The molecule has 0 unspecified atom stereocenters. The summed E-state index contributed by atoms with van der Waals surface area (Å²) in [5.74, 6) is -0.360. The molecule has 6 heteroatoms. The van der Waals surface area contributed by atoms with Crippen LogP contribution in [0, 0.1) is 17.1 Å². The highest BCUT2D eigenvalue weighted by atomic mass is 32.2. The van der Waals surface area contributed by atoms with Gasteiger partial charge in [0.15, 0.2) is 0 Å². The van der Waals surface area contributed by atoms with Crippen LogP contribution in [0.5, 0.6) is 0 Å². The quantitative estimate of drug-likeness (QED) is 0.806. The van der Waals surface area contributed by atoms with E-state index in [0.29, 0.717) is 24.2 Å². The maximum atomic E-state index is 13.1. The molecule has 0 heterocycles. The molecule has 0 aliphatic carbocycles. The van der Waals surface area contributed by atoms with Crippen LogP contribution < -0.4 is 0 Å². The Morgan fingerprint density at radius 1 is 1.44 bits per heavy atom. The van der Waals surface area contributed by atoms with Crippen LogP contribution in [0.3, 0.4) is 0 Å². The van der Waals surface area contributed by atoms with Crippen molar-refractivity contribution in [2.45, 2.75) is 6.54 Å². The second-order valence-electron chi connectivity index (χ2n) is 4.28. The molecule has 0 spiro atoms. The summed E-state index contributed by atoms with van der Waals surface area (Å²) in [4.78, 5) is 1.75. The zero-order chi connectivity index (χ0) is 13.8. The van der Waals surface area contributed by atoms with Crippen LogP contribution in [-0.4, -0.2) is 38.9 Å². The van der Waals surface area contributed by atoms with Gasteiger partial charge >= 0.3 is 0 Å². The summed E-state index contributed by atoms with van der Waals surface area (Å²) in [6.45, 7) is 0.691. The van der Waals surface area contributed by atoms with E-state index in [-0.39, 0.29) is 5.75 Å². The minimum atomic E-state index is -3.02. The van der Waals surface area contributed by atoms with Gasteiger partial charge in [-0.1, -0.05) is 0 Å². The van der Waals surface area contributed by atoms with E-state index in [1.807, 2.05) is 6.07 Å². The molecule has 1 aromatic carbocycles. The minimum Gasteiger partial charge on any atom is -0.301 e. The van der Waals surface area contributed by atoms with E-state index >= 15 is 0 Å². The predicted octanol–water partition coefficient (Wildman–Crippen LogP) is 1.17. The molecule has 0 radical (unpaired) electrons. The number of hydrogen-bond acceptors (Lipinski definition) is 4. The fourth-order valence-corrected chi connectivity index (χ4v) is 2.14. The third kappa shape index (κ3) is 4.82. The lowest BCUT2D eigenvalue weighted by Gasteiger charge is -2.16. The van der Waals surface area contributed by atoms with E-state index in [1.54, 1.807) is 11.9 Å². The Bertz CT molecular complexity index is 564. The van der Waals surface area contributed by atoms with Crippen LogP contribution in [0.15, 0.2) is 18.2 Å². The maximum Gasteiger partial charge on any atom is 0.148 e. The van der Waals surface area contributed by atoms with Crippen molar-refractivity contribution in [1.82, 2.24) is 4.90 Å². The van der Waals surface area contributed by atoms with Crippen LogP contribution in [0.2, 0.25) is 0 Å². The molecule has 0 bridgehead atoms. The van der Waals surface area contributed by atoms with Crippen LogP contribution in [0.25, 0.3) is 0 Å². The van der Waals surface area contributed by atoms with Crippen LogP contribution in [-0.2, 0) is 16.4 Å². The van der Waals surface area contributed by atoms with E-state index in [4.69, 9.17) is 5.26 Å². The Hall–Kier alpha value is -1.45. The van der Waals surface area contributed by atoms with Crippen molar-refractivity contribution >= 4 is 9.84 Å². The van der Waals surface area contributed by atoms with Gasteiger partial charge in [-0.15, -0.1) is 0 Å². The smallest absolute Gasteiger partial charge is 0.148 e. The summed E-state index contributed by atoms with van der Waals surface area (Å²) in [7, 11) is -1.28. The molecular formula is C12H15FN2O2S. The molecule has 0 fully saturated rings. The van der Waals surface area contributed by atoms with Crippen molar-refractivity contribution < 1.29 is 12.8 Å². The first-order valence-electron chi connectivity index (χ1n) is 5.36. The summed E-state index contributed by atoms with van der Waals surface area (Å²) in [6, 6.07) is 5.95. The van der Waals surface area contributed by atoms with E-state index in [9.17, 15) is 12.8 Å². The number of nitriles is 1. The highest BCUT2D eigenvalue weighted by Gasteiger charge is 2.09. The van der Waals surface area contributed by atoms with Crippen molar-refractivity contribution in [1.29, 1.82) is 5.26 Å². The van der Waals surface area contributed by atoms with Gasteiger partial charge in [-0.05, 0) is 30.8 Å². The fraction of sp³-hybridized carbons (Fsp3) is 0.417. The first kappa shape index (κ1) is 14.6. The highest BCUT2D eigenvalue weighted by Crippen LogP contribution is 2.12. The molecule has 0 N–H and O–H groups in total. The third-order valence-electron chi connectivity index (χ3n) is 2.47. The fourth-order valence-electron chi connectivity index (χ4n) is 1.49. The lowest BCUT2D eigenvalue weighted by Crippen LogP contribution is -2.25. The second kappa shape index (κ2) is 5.94. The zero-order valence-corrected chi connectivity index (χ0v) is 11.2. The summed E-state index contributed by atoms with van der Waals surface area (Å²) in [6.07, 6.45) is 1.17. The summed E-state index contributed by atoms with van der Waals surface area (Å²) < 4.78 is 35.1. The molecule has 98 valence electrons. The van der Waals surface area contributed by atoms with Gasteiger partial charge in [0.1, 0.15) is 15.7 Å². The normalized spacial score (nSPS) is 11.5. The molecular weight excluding hydrogens is 255 g/mol. The van der Waals surface area contributed by atoms with Crippen molar-refractivity contribution in [3.05, 3.63) is 35.1 Å². The molecule has 0 aliphatic rings. The van der Waals surface area contributed by atoms with Crippen LogP contribution in [0.1, 0.15) is 11.1 Å². The number of hydrogen-bond donors (Lipinski definition) is 0. The molecule has 18 heavy (non-hydrogen) atoms. The van der Waals surface area contributed by atoms with Crippen molar-refractivity contribution in [3.8, 4) is 6.07 Å². The van der Waals surface area contributed by atoms with Gasteiger partial charge in [0.2, 0.25) is 0 Å². The Kier molecular flexibility index (Phi) is 4.82. The number of nitrogens with zero attached hydrogens (tertiary/aromatic N) is 2. The third-order valence-corrected chi connectivity index (χ3v) is 3.40. The largest absolute Gasteiger partial charge is 0.301 e. The molecule has 0 saturated heterocycles. The van der Waals surface area contributed by atoms with Crippen LogP contribution in [0.4, 0.5) is 4.39 Å². The van der Waals surface area contributed by atoms with E-state index in [1.165, 1.54) is 24.5 Å². The SMILES string of the molecule is CN(CCS(C)(=O)=O)Cc1cc(F)ccc1C#N. The maximum absolute atomic E-state index is 13.1. The second-order valence-corrected chi connectivity index (χ2v) is 6.54. The Morgan fingerprint density at radius 2 is 2.11 bits per heavy atom. The van der Waals surface area contributed by atoms with Crippen LogP contribution >= 0.6 is 0 Å². The monoisotopic (exact) mass is 270 g/mol. The lowest BCUT2D eigenvalue weighted by atomic mass is 10.1. The predicted molar refractivity (Wildman–Crippen MR) is 67.2 cm³/mol. The van der Waals surface area contributed by atoms with E-state index in [2.05, 4.69) is 0 Å². The molecule has 0 aliphatic heterocycles.